The van der Waals surface area contributed by atoms with E-state index in [2.05, 4.69) is 0 Å². The van der Waals surface area contributed by atoms with Crippen LogP contribution in [-0.2, 0) is 6.54 Å². The van der Waals surface area contributed by atoms with Crippen molar-refractivity contribution in [3.05, 3.63) is 71.3 Å². The van der Waals surface area contributed by atoms with Crippen molar-refractivity contribution in [2.24, 2.45) is 0 Å². The van der Waals surface area contributed by atoms with Gasteiger partial charge in [0.05, 0.1) is 0 Å². The Morgan fingerprint density at radius 1 is 1.11 bits per heavy atom. The minimum Gasteiger partial charge on any atom is -0.337 e. The van der Waals surface area contributed by atoms with Gasteiger partial charge in [0.1, 0.15) is 6.29 Å². The molecular weight excluding hydrogens is 238 g/mol. The second-order valence-electron chi connectivity index (χ2n) is 4.39. The van der Waals surface area contributed by atoms with Gasteiger partial charge in [0.2, 0.25) is 0 Å². The first-order valence-corrected chi connectivity index (χ1v) is 6.05. The van der Waals surface area contributed by atoms with Crippen LogP contribution < -0.4 is 0 Å². The van der Waals surface area contributed by atoms with E-state index in [1.165, 1.54) is 0 Å². The summed E-state index contributed by atoms with van der Waals surface area (Å²) in [4.78, 5) is 24.6. The van der Waals surface area contributed by atoms with Gasteiger partial charge in [-0.25, -0.2) is 0 Å². The van der Waals surface area contributed by atoms with Crippen molar-refractivity contribution in [3.63, 3.8) is 0 Å². The molecule has 96 valence electrons. The maximum absolute atomic E-state index is 12.2. The highest BCUT2D eigenvalue weighted by atomic mass is 16.2. The lowest BCUT2D eigenvalue weighted by molar-refractivity contribution is 0.0785. The minimum absolute atomic E-state index is 0.0902. The predicted molar refractivity (Wildman–Crippen MR) is 74.1 cm³/mol. The van der Waals surface area contributed by atoms with Crippen molar-refractivity contribution in [3.8, 4) is 0 Å². The smallest absolute Gasteiger partial charge is 0.253 e. The third-order valence-corrected chi connectivity index (χ3v) is 2.88. The van der Waals surface area contributed by atoms with Crippen molar-refractivity contribution < 1.29 is 9.59 Å². The second-order valence-corrected chi connectivity index (χ2v) is 4.39. The number of carbonyl (C=O) groups is 2. The fraction of sp³-hybridized carbons (Fsp3) is 0.125. The molecule has 0 aliphatic rings. The number of carbonyl (C=O) groups excluding carboxylic acids is 2. The molecule has 0 aliphatic heterocycles. The Kier molecular flexibility index (Phi) is 4.08. The highest BCUT2D eigenvalue weighted by Gasteiger charge is 2.12. The lowest BCUT2D eigenvalue weighted by atomic mass is 10.1. The highest BCUT2D eigenvalue weighted by molar-refractivity contribution is 5.95. The molecular formula is C16H15NO2. The molecule has 0 atom stereocenters. The summed E-state index contributed by atoms with van der Waals surface area (Å²) in [5.41, 5.74) is 2.12. The Morgan fingerprint density at radius 3 is 2.53 bits per heavy atom. The van der Waals surface area contributed by atoms with Crippen LogP contribution in [0.1, 0.15) is 26.3 Å². The van der Waals surface area contributed by atoms with Crippen molar-refractivity contribution >= 4 is 12.2 Å². The molecule has 2 aromatic rings. The lowest BCUT2D eigenvalue weighted by Gasteiger charge is -2.17. The van der Waals surface area contributed by atoms with E-state index in [9.17, 15) is 9.59 Å². The monoisotopic (exact) mass is 253 g/mol. The molecule has 2 aromatic carbocycles. The zero-order valence-corrected chi connectivity index (χ0v) is 10.7. The maximum atomic E-state index is 12.2. The van der Waals surface area contributed by atoms with Crippen LogP contribution in [0.25, 0.3) is 0 Å². The summed E-state index contributed by atoms with van der Waals surface area (Å²) in [6.45, 7) is 0.547. The molecule has 0 aliphatic carbocycles. The van der Waals surface area contributed by atoms with Gasteiger partial charge in [0.15, 0.2) is 0 Å². The topological polar surface area (TPSA) is 37.4 Å². The Bertz CT molecular complexity index is 578. The van der Waals surface area contributed by atoms with Crippen molar-refractivity contribution in [2.75, 3.05) is 7.05 Å². The van der Waals surface area contributed by atoms with E-state index in [-0.39, 0.29) is 5.91 Å². The molecule has 1 amide bonds. The molecule has 0 fully saturated rings. The molecule has 3 heteroatoms. The van der Waals surface area contributed by atoms with E-state index < -0.39 is 0 Å². The molecule has 3 nitrogen and oxygen atoms in total. The van der Waals surface area contributed by atoms with E-state index in [1.54, 1.807) is 36.2 Å². The summed E-state index contributed by atoms with van der Waals surface area (Å²) in [6.07, 6.45) is 0.744. The molecule has 0 radical (unpaired) electrons. The Morgan fingerprint density at radius 2 is 1.84 bits per heavy atom. The van der Waals surface area contributed by atoms with E-state index in [1.807, 2.05) is 30.3 Å². The van der Waals surface area contributed by atoms with Gasteiger partial charge in [-0.2, -0.15) is 0 Å². The van der Waals surface area contributed by atoms with Crippen LogP contribution in [0.15, 0.2) is 54.6 Å². The average molecular weight is 253 g/mol. The van der Waals surface area contributed by atoms with Gasteiger partial charge < -0.3 is 4.90 Å². The average Bonchev–Trinajstić information content (AvgIpc) is 2.47. The number of benzene rings is 2. The van der Waals surface area contributed by atoms with Crippen molar-refractivity contribution in [1.29, 1.82) is 0 Å². The molecule has 2 rings (SSSR count). The predicted octanol–water partition coefficient (Wildman–Crippen LogP) is 2.77. The van der Waals surface area contributed by atoms with Crippen LogP contribution >= 0.6 is 0 Å². The molecule has 0 unspecified atom stereocenters. The van der Waals surface area contributed by atoms with Crippen molar-refractivity contribution in [1.82, 2.24) is 4.90 Å². The van der Waals surface area contributed by atoms with Crippen LogP contribution in [-0.4, -0.2) is 24.1 Å². The van der Waals surface area contributed by atoms with E-state index in [4.69, 9.17) is 0 Å². The Balaban J connectivity index is 2.12. The number of amides is 1. The molecule has 0 heterocycles. The zero-order chi connectivity index (χ0) is 13.7. The number of hydrogen-bond donors (Lipinski definition) is 0. The van der Waals surface area contributed by atoms with Crippen LogP contribution in [0.4, 0.5) is 0 Å². The second kappa shape index (κ2) is 5.96. The van der Waals surface area contributed by atoms with E-state index >= 15 is 0 Å². The largest absolute Gasteiger partial charge is 0.337 e. The van der Waals surface area contributed by atoms with Gasteiger partial charge in [-0.15, -0.1) is 0 Å². The molecule has 19 heavy (non-hydrogen) atoms. The lowest BCUT2D eigenvalue weighted by Crippen LogP contribution is -2.26. The summed E-state index contributed by atoms with van der Waals surface area (Å²) in [5, 5.41) is 0. The fourth-order valence-electron chi connectivity index (χ4n) is 1.89. The Labute approximate surface area is 112 Å². The fourth-order valence-corrected chi connectivity index (χ4v) is 1.89. The molecule has 0 N–H and O–H groups in total. The van der Waals surface area contributed by atoms with Gasteiger partial charge in [-0.05, 0) is 17.7 Å². The van der Waals surface area contributed by atoms with E-state index in [0.29, 0.717) is 17.7 Å². The number of aldehydes is 1. The highest BCUT2D eigenvalue weighted by Crippen LogP contribution is 2.09. The quantitative estimate of drug-likeness (QED) is 0.786. The summed E-state index contributed by atoms with van der Waals surface area (Å²) in [7, 11) is 1.75. The SMILES string of the molecule is CN(Cc1ccccc1)C(=O)c1cccc(C=O)c1. The first-order valence-electron chi connectivity index (χ1n) is 6.05. The summed E-state index contributed by atoms with van der Waals surface area (Å²) >= 11 is 0. The first kappa shape index (κ1) is 13.0. The van der Waals surface area contributed by atoms with Gasteiger partial charge in [0.25, 0.3) is 5.91 Å². The zero-order valence-electron chi connectivity index (χ0n) is 10.7. The summed E-state index contributed by atoms with van der Waals surface area (Å²) in [5.74, 6) is -0.0902. The van der Waals surface area contributed by atoms with Gasteiger partial charge in [0, 0.05) is 24.7 Å². The maximum Gasteiger partial charge on any atom is 0.253 e. The van der Waals surface area contributed by atoms with Crippen LogP contribution in [0.2, 0.25) is 0 Å². The first-order chi connectivity index (χ1) is 9.20. The summed E-state index contributed by atoms with van der Waals surface area (Å²) in [6, 6.07) is 16.5. The molecule has 0 bridgehead atoms. The molecule has 0 saturated carbocycles. The summed E-state index contributed by atoms with van der Waals surface area (Å²) < 4.78 is 0. The third-order valence-electron chi connectivity index (χ3n) is 2.88. The van der Waals surface area contributed by atoms with Crippen LogP contribution in [0.5, 0.6) is 0 Å². The van der Waals surface area contributed by atoms with Gasteiger partial charge in [-0.3, -0.25) is 9.59 Å². The van der Waals surface area contributed by atoms with E-state index in [0.717, 1.165) is 11.8 Å². The minimum atomic E-state index is -0.0902. The van der Waals surface area contributed by atoms with Crippen molar-refractivity contribution in [2.45, 2.75) is 6.54 Å². The third kappa shape index (κ3) is 3.28. The van der Waals surface area contributed by atoms with Gasteiger partial charge in [-0.1, -0.05) is 42.5 Å². The van der Waals surface area contributed by atoms with Crippen LogP contribution in [0.3, 0.4) is 0 Å². The van der Waals surface area contributed by atoms with Crippen LogP contribution in [0, 0.1) is 0 Å². The number of hydrogen-bond acceptors (Lipinski definition) is 2. The van der Waals surface area contributed by atoms with Gasteiger partial charge >= 0.3 is 0 Å². The molecule has 0 aromatic heterocycles. The number of rotatable bonds is 4. The Hall–Kier alpha value is -2.42. The molecule has 0 saturated heterocycles. The number of nitrogens with zero attached hydrogens (tertiary/aromatic N) is 1. The standard InChI is InChI=1S/C16H15NO2/c1-17(11-13-6-3-2-4-7-13)16(19)15-9-5-8-14(10-15)12-18/h2-10,12H,11H2,1H3. The molecule has 0 spiro atoms. The normalized spacial score (nSPS) is 9.95.